The molecule has 1 aromatic rings. The Bertz CT molecular complexity index is 437. The number of nitrogens with one attached hydrogen (secondary N) is 2. The zero-order valence-corrected chi connectivity index (χ0v) is 13.3. The van der Waals surface area contributed by atoms with Crippen LogP contribution in [-0.2, 0) is 0 Å². The molecule has 3 atom stereocenters. The van der Waals surface area contributed by atoms with E-state index in [2.05, 4.69) is 27.8 Å². The number of aromatic nitrogens is 1. The van der Waals surface area contributed by atoms with Crippen LogP contribution in [0.3, 0.4) is 0 Å². The van der Waals surface area contributed by atoms with Gasteiger partial charge in [0.15, 0.2) is 0 Å². The van der Waals surface area contributed by atoms with Crippen LogP contribution >= 0.6 is 0 Å². The van der Waals surface area contributed by atoms with Crippen LogP contribution in [0.25, 0.3) is 0 Å². The van der Waals surface area contributed by atoms with Gasteiger partial charge in [0, 0.05) is 26.2 Å². The molecule has 1 aliphatic carbocycles. The van der Waals surface area contributed by atoms with Crippen molar-refractivity contribution < 1.29 is 0 Å². The predicted molar refractivity (Wildman–Crippen MR) is 89.0 cm³/mol. The zero-order valence-electron chi connectivity index (χ0n) is 13.3. The number of anilines is 2. The Labute approximate surface area is 128 Å². The van der Waals surface area contributed by atoms with Gasteiger partial charge in [-0.15, -0.1) is 0 Å². The molecule has 0 bridgehead atoms. The molecule has 2 aliphatic rings. The van der Waals surface area contributed by atoms with E-state index >= 15 is 0 Å². The van der Waals surface area contributed by atoms with E-state index in [1.54, 1.807) is 0 Å². The minimum atomic E-state index is 0.604. The summed E-state index contributed by atoms with van der Waals surface area (Å²) in [6.45, 7) is 1.20. The van der Waals surface area contributed by atoms with Gasteiger partial charge in [-0.1, -0.05) is 12.8 Å². The number of pyridine rings is 1. The van der Waals surface area contributed by atoms with E-state index in [1.165, 1.54) is 45.1 Å². The van der Waals surface area contributed by atoms with Gasteiger partial charge in [-0.25, -0.2) is 4.98 Å². The summed E-state index contributed by atoms with van der Waals surface area (Å²) < 4.78 is 0. The highest BCUT2D eigenvalue weighted by Crippen LogP contribution is 2.33. The fraction of sp³-hybridized carbons (Fsp3) is 0.706. The smallest absolute Gasteiger partial charge is 0.128 e. The molecule has 2 N–H and O–H groups in total. The second-order valence-corrected chi connectivity index (χ2v) is 6.70. The number of rotatable bonds is 4. The molecule has 3 rings (SSSR count). The number of hydrogen-bond acceptors (Lipinski definition) is 4. The molecule has 2 heterocycles. The maximum atomic E-state index is 4.51. The predicted octanol–water partition coefficient (Wildman–Crippen LogP) is 2.87. The first-order chi connectivity index (χ1) is 10.2. The number of nitrogens with zero attached hydrogens (tertiary/aromatic N) is 2. The highest BCUT2D eigenvalue weighted by molar-refractivity contribution is 5.48. The quantitative estimate of drug-likeness (QED) is 0.894. The lowest BCUT2D eigenvalue weighted by Gasteiger charge is -2.33. The summed E-state index contributed by atoms with van der Waals surface area (Å²) in [5, 5.41) is 7.47. The van der Waals surface area contributed by atoms with Gasteiger partial charge >= 0.3 is 0 Å². The van der Waals surface area contributed by atoms with Gasteiger partial charge in [0.05, 0.1) is 11.9 Å². The van der Waals surface area contributed by atoms with Crippen LogP contribution in [0.5, 0.6) is 0 Å². The average Bonchev–Trinajstić information content (AvgIpc) is 2.97. The maximum Gasteiger partial charge on any atom is 0.128 e. The van der Waals surface area contributed by atoms with Crippen LogP contribution in [0.2, 0.25) is 0 Å². The van der Waals surface area contributed by atoms with Crippen LogP contribution in [0.15, 0.2) is 18.3 Å². The lowest BCUT2D eigenvalue weighted by atomic mass is 9.88. The number of hydrogen-bond donors (Lipinski definition) is 2. The van der Waals surface area contributed by atoms with E-state index in [1.807, 2.05) is 25.2 Å². The first kappa shape index (κ1) is 14.6. The Morgan fingerprint density at radius 3 is 2.71 bits per heavy atom. The monoisotopic (exact) mass is 288 g/mol. The molecule has 0 aromatic carbocycles. The fourth-order valence-corrected chi connectivity index (χ4v) is 3.84. The fourth-order valence-electron chi connectivity index (χ4n) is 3.84. The Morgan fingerprint density at radius 2 is 2.05 bits per heavy atom. The molecule has 0 radical (unpaired) electrons. The summed E-state index contributed by atoms with van der Waals surface area (Å²) in [4.78, 5) is 6.54. The van der Waals surface area contributed by atoms with Crippen LogP contribution in [0, 0.1) is 5.92 Å². The molecule has 116 valence electrons. The molecule has 3 unspecified atom stereocenters. The van der Waals surface area contributed by atoms with Crippen LogP contribution < -0.4 is 15.5 Å². The largest absolute Gasteiger partial charge is 0.381 e. The molecule has 2 fully saturated rings. The standard InChI is InChI=1S/C17H28N4/c1-21(2)17-10-9-13(12-19-17)20-16-8-5-6-14(16)15-7-3-4-11-18-15/h9-10,12,14-16,18,20H,3-8,11H2,1-2H3. The molecule has 0 amide bonds. The van der Waals surface area contributed by atoms with Crippen molar-refractivity contribution in [1.82, 2.24) is 10.3 Å². The summed E-state index contributed by atoms with van der Waals surface area (Å²) in [6.07, 6.45) is 10.1. The molecule has 4 nitrogen and oxygen atoms in total. The van der Waals surface area contributed by atoms with Crippen molar-refractivity contribution in [3.05, 3.63) is 18.3 Å². The minimum Gasteiger partial charge on any atom is -0.381 e. The van der Waals surface area contributed by atoms with Crippen molar-refractivity contribution >= 4 is 11.5 Å². The van der Waals surface area contributed by atoms with Crippen molar-refractivity contribution in [3.63, 3.8) is 0 Å². The Balaban J connectivity index is 1.62. The Morgan fingerprint density at radius 1 is 1.14 bits per heavy atom. The molecular formula is C17H28N4. The third kappa shape index (κ3) is 3.49. The lowest BCUT2D eigenvalue weighted by Crippen LogP contribution is -2.44. The third-order valence-corrected chi connectivity index (χ3v) is 4.99. The minimum absolute atomic E-state index is 0.604. The van der Waals surface area contributed by atoms with Crippen molar-refractivity contribution in [2.24, 2.45) is 5.92 Å². The summed E-state index contributed by atoms with van der Waals surface area (Å²) in [5.41, 5.74) is 1.16. The topological polar surface area (TPSA) is 40.2 Å². The van der Waals surface area contributed by atoms with Gasteiger partial charge in [-0.05, 0) is 50.3 Å². The molecule has 4 heteroatoms. The lowest BCUT2D eigenvalue weighted by molar-refractivity contribution is 0.286. The van der Waals surface area contributed by atoms with Gasteiger partial charge in [0.25, 0.3) is 0 Å². The summed E-state index contributed by atoms with van der Waals surface area (Å²) in [7, 11) is 4.05. The van der Waals surface area contributed by atoms with E-state index in [-0.39, 0.29) is 0 Å². The summed E-state index contributed by atoms with van der Waals surface area (Å²) in [5.74, 6) is 1.79. The van der Waals surface area contributed by atoms with Crippen LogP contribution in [-0.4, -0.2) is 37.7 Å². The van der Waals surface area contributed by atoms with Crippen LogP contribution in [0.4, 0.5) is 11.5 Å². The third-order valence-electron chi connectivity index (χ3n) is 4.99. The van der Waals surface area contributed by atoms with Gasteiger partial charge < -0.3 is 15.5 Å². The number of piperidine rings is 1. The van der Waals surface area contributed by atoms with Gasteiger partial charge in [0.1, 0.15) is 5.82 Å². The average molecular weight is 288 g/mol. The van der Waals surface area contributed by atoms with E-state index in [4.69, 9.17) is 0 Å². The second-order valence-electron chi connectivity index (χ2n) is 6.70. The maximum absolute atomic E-state index is 4.51. The van der Waals surface area contributed by atoms with Crippen molar-refractivity contribution in [3.8, 4) is 0 Å². The normalized spacial score (nSPS) is 29.3. The molecule has 0 spiro atoms. The van der Waals surface area contributed by atoms with Crippen molar-refractivity contribution in [2.45, 2.75) is 50.6 Å². The van der Waals surface area contributed by atoms with Crippen molar-refractivity contribution in [1.29, 1.82) is 0 Å². The van der Waals surface area contributed by atoms with Crippen LogP contribution in [0.1, 0.15) is 38.5 Å². The van der Waals surface area contributed by atoms with E-state index in [0.717, 1.165) is 17.4 Å². The van der Waals surface area contributed by atoms with Gasteiger partial charge in [0.2, 0.25) is 0 Å². The Kier molecular flexibility index (Phi) is 4.63. The molecular weight excluding hydrogens is 260 g/mol. The second kappa shape index (κ2) is 6.65. The first-order valence-electron chi connectivity index (χ1n) is 8.37. The Hall–Kier alpha value is -1.29. The highest BCUT2D eigenvalue weighted by atomic mass is 15.1. The van der Waals surface area contributed by atoms with E-state index in [0.29, 0.717) is 12.1 Å². The summed E-state index contributed by atoms with van der Waals surface area (Å²) in [6, 6.07) is 5.57. The zero-order chi connectivity index (χ0) is 14.7. The molecule has 1 aliphatic heterocycles. The van der Waals surface area contributed by atoms with Gasteiger partial charge in [-0.3, -0.25) is 0 Å². The molecule has 1 saturated carbocycles. The molecule has 1 saturated heterocycles. The molecule has 21 heavy (non-hydrogen) atoms. The summed E-state index contributed by atoms with van der Waals surface area (Å²) >= 11 is 0. The SMILES string of the molecule is CN(C)c1ccc(NC2CCCC2C2CCCCN2)cn1. The first-order valence-corrected chi connectivity index (χ1v) is 8.37. The molecule has 1 aromatic heterocycles. The highest BCUT2D eigenvalue weighted by Gasteiger charge is 2.34. The van der Waals surface area contributed by atoms with E-state index < -0.39 is 0 Å². The van der Waals surface area contributed by atoms with Crippen molar-refractivity contribution in [2.75, 3.05) is 30.9 Å². The van der Waals surface area contributed by atoms with E-state index in [9.17, 15) is 0 Å². The van der Waals surface area contributed by atoms with Gasteiger partial charge in [-0.2, -0.15) is 0 Å².